The highest BCUT2D eigenvalue weighted by molar-refractivity contribution is 6.56. The van der Waals surface area contributed by atoms with Crippen molar-refractivity contribution < 1.29 is 19.3 Å². The van der Waals surface area contributed by atoms with Crippen LogP contribution in [-0.2, 0) is 15.8 Å². The molecule has 32 heavy (non-hydrogen) atoms. The number of aryl methyl sites for hydroxylation is 1. The van der Waals surface area contributed by atoms with Gasteiger partial charge in [0.2, 0.25) is 0 Å². The molecule has 0 amide bonds. The fraction of sp³-hybridized carbons (Fsp3) is 0.667. The summed E-state index contributed by atoms with van der Waals surface area (Å²) in [6.45, 7) is 12.1. The highest BCUT2D eigenvalue weighted by Crippen LogP contribution is 2.45. The predicted molar refractivity (Wildman–Crippen MR) is 131 cm³/mol. The number of carbonyl (C=O) groups excluding carboxylic acids is 1. The minimum atomic E-state index is -0.985. The van der Waals surface area contributed by atoms with Crippen LogP contribution >= 0.6 is 0 Å². The monoisotopic (exact) mass is 439 g/mol. The maximum atomic E-state index is 12.1. The number of allylic oxidation sites excluding steroid dienone is 1. The van der Waals surface area contributed by atoms with Crippen LogP contribution in [0.5, 0.6) is 0 Å². The van der Waals surface area contributed by atoms with E-state index in [9.17, 15) is 9.90 Å². The molecule has 2 aliphatic carbocycles. The lowest BCUT2D eigenvalue weighted by Crippen LogP contribution is -2.48. The van der Waals surface area contributed by atoms with Crippen molar-refractivity contribution in [2.75, 3.05) is 7.11 Å². The topological polar surface area (TPSA) is 55.8 Å². The molecule has 0 saturated heterocycles. The van der Waals surface area contributed by atoms with Crippen LogP contribution in [0.2, 0.25) is 0 Å². The molecule has 4 nitrogen and oxygen atoms in total. The Morgan fingerprint density at radius 2 is 1.78 bits per heavy atom. The van der Waals surface area contributed by atoms with Gasteiger partial charge in [0.1, 0.15) is 0 Å². The van der Waals surface area contributed by atoms with Crippen LogP contribution in [0.15, 0.2) is 23.8 Å². The average molecular weight is 439 g/mol. The predicted octanol–water partition coefficient (Wildman–Crippen LogP) is 5.92. The minimum Gasteiger partial charge on any atom is -0.465 e. The van der Waals surface area contributed by atoms with Gasteiger partial charge in [-0.25, -0.2) is 4.79 Å². The van der Waals surface area contributed by atoms with Crippen LogP contribution in [0.1, 0.15) is 102 Å². The van der Waals surface area contributed by atoms with Crippen molar-refractivity contribution in [2.45, 2.75) is 97.7 Å². The van der Waals surface area contributed by atoms with E-state index in [-0.39, 0.29) is 5.97 Å². The highest BCUT2D eigenvalue weighted by atomic mass is 16.5. The molecule has 1 radical (unpaired) electrons. The number of hydrogen-bond acceptors (Lipinski definition) is 4. The van der Waals surface area contributed by atoms with Crippen LogP contribution in [0.3, 0.4) is 0 Å². The summed E-state index contributed by atoms with van der Waals surface area (Å²) < 4.78 is 11.2. The first-order chi connectivity index (χ1) is 14.8. The van der Waals surface area contributed by atoms with E-state index >= 15 is 0 Å². The molecular formula is C27H40BO4. The third kappa shape index (κ3) is 5.48. The van der Waals surface area contributed by atoms with Crippen LogP contribution in [0.4, 0.5) is 0 Å². The molecule has 0 aromatic heterocycles. The lowest BCUT2D eigenvalue weighted by Gasteiger charge is -2.39. The number of esters is 1. The molecule has 1 N–H and O–H groups in total. The Morgan fingerprint density at radius 3 is 2.38 bits per heavy atom. The molecule has 0 aliphatic heterocycles. The van der Waals surface area contributed by atoms with Gasteiger partial charge < -0.3 is 14.5 Å². The fourth-order valence-electron chi connectivity index (χ4n) is 4.75. The van der Waals surface area contributed by atoms with Crippen molar-refractivity contribution in [3.05, 3.63) is 40.5 Å². The molecule has 0 spiro atoms. The normalized spacial score (nSPS) is 19.9. The molecule has 1 saturated carbocycles. The lowest BCUT2D eigenvalue weighted by molar-refractivity contribution is -0.0892. The number of carbonyl (C=O) groups is 1. The van der Waals surface area contributed by atoms with Gasteiger partial charge in [-0.2, -0.15) is 0 Å². The maximum Gasteiger partial charge on any atom is 0.337 e. The molecule has 1 fully saturated rings. The zero-order valence-corrected chi connectivity index (χ0v) is 21.0. The van der Waals surface area contributed by atoms with Crippen LogP contribution < -0.4 is 0 Å². The first-order valence-corrected chi connectivity index (χ1v) is 12.0. The lowest BCUT2D eigenvalue weighted by atomic mass is 9.66. The van der Waals surface area contributed by atoms with Gasteiger partial charge in [0.15, 0.2) is 0 Å². The van der Waals surface area contributed by atoms with Gasteiger partial charge in [-0.1, -0.05) is 25.5 Å². The number of methoxy groups -OCH3 is 1. The van der Waals surface area contributed by atoms with E-state index in [0.29, 0.717) is 16.9 Å². The van der Waals surface area contributed by atoms with Crippen molar-refractivity contribution in [1.82, 2.24) is 0 Å². The van der Waals surface area contributed by atoms with Gasteiger partial charge in [0.25, 0.3) is 0 Å². The molecule has 0 heterocycles. The van der Waals surface area contributed by atoms with E-state index in [0.717, 1.165) is 35.9 Å². The van der Waals surface area contributed by atoms with Gasteiger partial charge >= 0.3 is 13.5 Å². The number of fused-ring (bicyclic) bond motifs is 1. The quantitative estimate of drug-likeness (QED) is 0.442. The third-order valence-electron chi connectivity index (χ3n) is 7.83. The van der Waals surface area contributed by atoms with E-state index in [4.69, 9.17) is 9.39 Å². The number of rotatable bonds is 6. The van der Waals surface area contributed by atoms with Crippen LogP contribution in [0.25, 0.3) is 5.47 Å². The van der Waals surface area contributed by atoms with Gasteiger partial charge in [-0.15, -0.1) is 0 Å². The number of hydrogen-bond donors (Lipinski definition) is 1. The van der Waals surface area contributed by atoms with E-state index in [1.54, 1.807) is 13.8 Å². The summed E-state index contributed by atoms with van der Waals surface area (Å²) in [6.07, 6.45) is 7.88. The number of aliphatic hydroxyl groups is 1. The van der Waals surface area contributed by atoms with Gasteiger partial charge in [-0.05, 0) is 113 Å². The summed E-state index contributed by atoms with van der Waals surface area (Å²) >= 11 is 0. The molecule has 1 aromatic carbocycles. The van der Waals surface area contributed by atoms with E-state index in [2.05, 4.69) is 13.8 Å². The zero-order valence-electron chi connectivity index (χ0n) is 21.0. The molecule has 0 bridgehead atoms. The Kier molecular flexibility index (Phi) is 7.31. The number of benzene rings is 1. The molecule has 2 aliphatic rings. The fourth-order valence-corrected chi connectivity index (χ4v) is 4.75. The highest BCUT2D eigenvalue weighted by Gasteiger charge is 2.37. The Balaban J connectivity index is 2.02. The second-order valence-corrected chi connectivity index (χ2v) is 11.4. The minimum absolute atomic E-state index is 0.305. The van der Waals surface area contributed by atoms with E-state index < -0.39 is 11.2 Å². The maximum absolute atomic E-state index is 12.1. The molecule has 175 valence electrons. The Labute approximate surface area is 195 Å². The first kappa shape index (κ1) is 25.0. The molecular weight excluding hydrogens is 399 g/mol. The van der Waals surface area contributed by atoms with Gasteiger partial charge in [-0.3, -0.25) is 0 Å². The molecule has 1 aromatic rings. The Hall–Kier alpha value is -1.59. The molecule has 0 atom stereocenters. The molecule has 0 unspecified atom stereocenters. The van der Waals surface area contributed by atoms with Crippen molar-refractivity contribution in [3.8, 4) is 0 Å². The molecule has 3 rings (SSSR count). The second-order valence-electron chi connectivity index (χ2n) is 11.4. The van der Waals surface area contributed by atoms with Gasteiger partial charge in [0, 0.05) is 0 Å². The largest absolute Gasteiger partial charge is 0.465 e. The number of ether oxygens (including phenoxy) is 1. The van der Waals surface area contributed by atoms with Crippen molar-refractivity contribution >= 4 is 18.9 Å². The Morgan fingerprint density at radius 1 is 1.12 bits per heavy atom. The summed E-state index contributed by atoms with van der Waals surface area (Å²) in [6, 6.07) is 5.88. The van der Waals surface area contributed by atoms with Crippen molar-refractivity contribution in [3.63, 3.8) is 0 Å². The smallest absolute Gasteiger partial charge is 0.337 e. The Bertz CT molecular complexity index is 866. The van der Waals surface area contributed by atoms with Crippen LogP contribution in [0, 0.1) is 11.3 Å². The second kappa shape index (κ2) is 9.34. The van der Waals surface area contributed by atoms with Crippen molar-refractivity contribution in [2.24, 2.45) is 11.3 Å². The SMILES string of the molecule is COC(=O)c1ccc2c(c1)CCCC(C1CCC(C)(C)CC1)=C2[B]OC(C)(C)C(C)(C)O. The van der Waals surface area contributed by atoms with E-state index in [1.165, 1.54) is 38.4 Å². The summed E-state index contributed by atoms with van der Waals surface area (Å²) in [5, 5.41) is 10.6. The van der Waals surface area contributed by atoms with Crippen molar-refractivity contribution in [1.29, 1.82) is 0 Å². The summed E-state index contributed by atoms with van der Waals surface area (Å²) in [5.41, 5.74) is 4.19. The zero-order chi connectivity index (χ0) is 23.7. The third-order valence-corrected chi connectivity index (χ3v) is 7.83. The summed E-state index contributed by atoms with van der Waals surface area (Å²) in [7, 11) is 3.30. The van der Waals surface area contributed by atoms with Gasteiger partial charge in [0.05, 0.1) is 23.9 Å². The standard InChI is InChI=1S/C27H40BO4/c1-25(2)15-13-18(14-16-25)21-10-8-9-19-17-20(24(29)31-7)11-12-22(19)23(21)28-32-27(5,6)26(3,4)30/h11-12,17-18,30H,8-10,13-16H2,1-7H3. The first-order valence-electron chi connectivity index (χ1n) is 12.0. The molecule has 5 heteroatoms. The van der Waals surface area contributed by atoms with E-state index in [1.807, 2.05) is 39.5 Å². The summed E-state index contributed by atoms with van der Waals surface area (Å²) in [4.78, 5) is 12.1. The average Bonchev–Trinajstić information content (AvgIpc) is 2.89. The summed E-state index contributed by atoms with van der Waals surface area (Å²) in [5.74, 6) is 0.245. The van der Waals surface area contributed by atoms with Crippen LogP contribution in [-0.4, -0.2) is 36.9 Å².